The van der Waals surface area contributed by atoms with E-state index >= 15 is 0 Å². The fraction of sp³-hybridized carbons (Fsp3) is 0.923. The van der Waals surface area contributed by atoms with Gasteiger partial charge in [0.2, 0.25) is 0 Å². The maximum atomic E-state index is 12.1. The van der Waals surface area contributed by atoms with Crippen LogP contribution in [0, 0.1) is 5.41 Å². The van der Waals surface area contributed by atoms with Gasteiger partial charge in [0.25, 0.3) is 0 Å². The Morgan fingerprint density at radius 1 is 1.37 bits per heavy atom. The van der Waals surface area contributed by atoms with Crippen LogP contribution in [-0.2, 0) is 9.53 Å². The Morgan fingerprint density at radius 2 is 2.11 bits per heavy atom. The lowest BCUT2D eigenvalue weighted by atomic mass is 9.83. The van der Waals surface area contributed by atoms with Crippen molar-refractivity contribution in [3.63, 3.8) is 0 Å². The second-order valence-electron chi connectivity index (χ2n) is 5.97. The predicted octanol–water partition coefficient (Wildman–Crippen LogP) is 2.79. The highest BCUT2D eigenvalue weighted by atomic mass is 16.5. The minimum atomic E-state index is -0.618. The second kappa shape index (κ2) is 6.78. The number of esters is 1. The standard InChI is InChI=1S/C13H24N4O2/c1-12(2)5-4-6-13(8-7-12,11(18)19-3)15-9-10-16-17-14/h15H,4-10H2,1-3H3. The van der Waals surface area contributed by atoms with Gasteiger partial charge in [-0.2, -0.15) is 0 Å². The molecule has 0 radical (unpaired) electrons. The molecular formula is C13H24N4O2. The van der Waals surface area contributed by atoms with E-state index in [4.69, 9.17) is 10.3 Å². The number of ether oxygens (including phenoxy) is 1. The molecule has 0 amide bonds. The number of azide groups is 1. The summed E-state index contributed by atoms with van der Waals surface area (Å²) in [5, 5.41) is 6.75. The lowest BCUT2D eigenvalue weighted by Gasteiger charge is -2.31. The van der Waals surface area contributed by atoms with Gasteiger partial charge in [0.15, 0.2) is 0 Å². The summed E-state index contributed by atoms with van der Waals surface area (Å²) in [5.41, 5.74) is 7.92. The molecule has 1 rings (SSSR count). The van der Waals surface area contributed by atoms with Gasteiger partial charge in [-0.3, -0.25) is 4.79 Å². The van der Waals surface area contributed by atoms with Crippen LogP contribution >= 0.6 is 0 Å². The molecule has 6 nitrogen and oxygen atoms in total. The van der Waals surface area contributed by atoms with Crippen LogP contribution in [0.15, 0.2) is 5.11 Å². The van der Waals surface area contributed by atoms with Gasteiger partial charge in [0.1, 0.15) is 5.54 Å². The first-order chi connectivity index (χ1) is 8.96. The quantitative estimate of drug-likeness (QED) is 0.208. The minimum Gasteiger partial charge on any atom is -0.468 e. The molecule has 0 aliphatic heterocycles. The van der Waals surface area contributed by atoms with Crippen molar-refractivity contribution in [3.05, 3.63) is 10.4 Å². The molecule has 0 heterocycles. The fourth-order valence-corrected chi connectivity index (χ4v) is 2.71. The average molecular weight is 268 g/mol. The van der Waals surface area contributed by atoms with Crippen LogP contribution in [0.25, 0.3) is 10.4 Å². The van der Waals surface area contributed by atoms with Crippen LogP contribution in [-0.4, -0.2) is 31.7 Å². The predicted molar refractivity (Wildman–Crippen MR) is 73.6 cm³/mol. The van der Waals surface area contributed by atoms with Gasteiger partial charge in [0.05, 0.1) is 7.11 Å². The summed E-state index contributed by atoms with van der Waals surface area (Å²) in [6.45, 7) is 5.32. The van der Waals surface area contributed by atoms with Crippen LogP contribution in [0.2, 0.25) is 0 Å². The van der Waals surface area contributed by atoms with Crippen LogP contribution in [0.1, 0.15) is 46.0 Å². The Hall–Kier alpha value is -1.26. The van der Waals surface area contributed by atoms with E-state index in [-0.39, 0.29) is 11.4 Å². The molecule has 108 valence electrons. The molecule has 19 heavy (non-hydrogen) atoms. The molecular weight excluding hydrogens is 244 g/mol. The van der Waals surface area contributed by atoms with Crippen molar-refractivity contribution >= 4 is 5.97 Å². The Kier molecular flexibility index (Phi) is 5.63. The first-order valence-electron chi connectivity index (χ1n) is 6.80. The Labute approximate surface area is 114 Å². The van der Waals surface area contributed by atoms with Crippen molar-refractivity contribution in [2.24, 2.45) is 10.5 Å². The van der Waals surface area contributed by atoms with Crippen molar-refractivity contribution in [2.75, 3.05) is 20.2 Å². The Balaban J connectivity index is 2.75. The van der Waals surface area contributed by atoms with Crippen molar-refractivity contribution in [1.29, 1.82) is 0 Å². The van der Waals surface area contributed by atoms with Crippen molar-refractivity contribution < 1.29 is 9.53 Å². The van der Waals surface area contributed by atoms with E-state index in [1.807, 2.05) is 0 Å². The van der Waals surface area contributed by atoms with E-state index in [0.29, 0.717) is 13.1 Å². The van der Waals surface area contributed by atoms with E-state index in [0.717, 1.165) is 32.1 Å². The summed E-state index contributed by atoms with van der Waals surface area (Å²) in [4.78, 5) is 14.8. The number of carbonyl (C=O) groups excluding carboxylic acids is 1. The zero-order chi connectivity index (χ0) is 14.4. The lowest BCUT2D eigenvalue weighted by molar-refractivity contribution is -0.149. The van der Waals surface area contributed by atoms with E-state index < -0.39 is 5.54 Å². The van der Waals surface area contributed by atoms with Crippen LogP contribution in [0.5, 0.6) is 0 Å². The normalized spacial score (nSPS) is 26.1. The lowest BCUT2D eigenvalue weighted by Crippen LogP contribution is -2.53. The zero-order valence-corrected chi connectivity index (χ0v) is 12.1. The molecule has 0 aromatic carbocycles. The Bertz CT molecular complexity index is 364. The molecule has 1 unspecified atom stereocenters. The van der Waals surface area contributed by atoms with Crippen molar-refractivity contribution in [3.8, 4) is 0 Å². The van der Waals surface area contributed by atoms with Gasteiger partial charge in [-0.1, -0.05) is 25.4 Å². The van der Waals surface area contributed by atoms with Crippen molar-refractivity contribution in [1.82, 2.24) is 5.32 Å². The maximum Gasteiger partial charge on any atom is 0.326 e. The molecule has 0 aromatic rings. The summed E-state index contributed by atoms with van der Waals surface area (Å²) in [6, 6.07) is 0. The van der Waals surface area contributed by atoms with E-state index in [9.17, 15) is 4.79 Å². The molecule has 0 saturated heterocycles. The molecule has 0 aromatic heterocycles. The molecule has 1 aliphatic carbocycles. The zero-order valence-electron chi connectivity index (χ0n) is 12.1. The van der Waals surface area contributed by atoms with Crippen LogP contribution < -0.4 is 5.32 Å². The third kappa shape index (κ3) is 4.40. The third-order valence-electron chi connectivity index (χ3n) is 4.00. The molecule has 1 saturated carbocycles. The highest BCUT2D eigenvalue weighted by Crippen LogP contribution is 2.38. The van der Waals surface area contributed by atoms with E-state index in [1.54, 1.807) is 0 Å². The summed E-state index contributed by atoms with van der Waals surface area (Å²) < 4.78 is 4.97. The first kappa shape index (κ1) is 15.8. The number of nitrogens with zero attached hydrogens (tertiary/aromatic N) is 3. The maximum absolute atomic E-state index is 12.1. The monoisotopic (exact) mass is 268 g/mol. The van der Waals surface area contributed by atoms with Gasteiger partial charge in [-0.15, -0.1) is 0 Å². The van der Waals surface area contributed by atoms with Crippen LogP contribution in [0.3, 0.4) is 0 Å². The molecule has 1 fully saturated rings. The third-order valence-corrected chi connectivity index (χ3v) is 4.00. The van der Waals surface area contributed by atoms with Crippen LogP contribution in [0.4, 0.5) is 0 Å². The fourth-order valence-electron chi connectivity index (χ4n) is 2.71. The molecule has 1 atom stereocenters. The molecule has 1 aliphatic rings. The summed E-state index contributed by atoms with van der Waals surface area (Å²) >= 11 is 0. The molecule has 0 spiro atoms. The number of nitrogens with one attached hydrogen (secondary N) is 1. The van der Waals surface area contributed by atoms with Gasteiger partial charge in [0, 0.05) is 18.0 Å². The van der Waals surface area contributed by atoms with Crippen molar-refractivity contribution in [2.45, 2.75) is 51.5 Å². The van der Waals surface area contributed by atoms with Gasteiger partial charge in [-0.05, 0) is 36.6 Å². The Morgan fingerprint density at radius 3 is 2.74 bits per heavy atom. The first-order valence-corrected chi connectivity index (χ1v) is 6.80. The summed E-state index contributed by atoms with van der Waals surface area (Å²) in [5.74, 6) is -0.203. The smallest absolute Gasteiger partial charge is 0.326 e. The summed E-state index contributed by atoms with van der Waals surface area (Å²) in [7, 11) is 1.43. The highest BCUT2D eigenvalue weighted by molar-refractivity contribution is 5.80. The summed E-state index contributed by atoms with van der Waals surface area (Å²) in [6.07, 6.45) is 4.64. The second-order valence-corrected chi connectivity index (χ2v) is 5.97. The van der Waals surface area contributed by atoms with E-state index in [1.165, 1.54) is 7.11 Å². The number of rotatable bonds is 5. The number of hydrogen-bond donors (Lipinski definition) is 1. The molecule has 0 bridgehead atoms. The number of hydrogen-bond acceptors (Lipinski definition) is 4. The van der Waals surface area contributed by atoms with Gasteiger partial charge in [-0.25, -0.2) is 0 Å². The SMILES string of the molecule is COC(=O)C1(NCCN=[N+]=[N-])CCCC(C)(C)CC1. The average Bonchev–Trinajstić information content (AvgIpc) is 2.54. The topological polar surface area (TPSA) is 87.1 Å². The van der Waals surface area contributed by atoms with Gasteiger partial charge >= 0.3 is 5.97 Å². The van der Waals surface area contributed by atoms with Gasteiger partial charge < -0.3 is 10.1 Å². The largest absolute Gasteiger partial charge is 0.468 e. The number of carbonyl (C=O) groups is 1. The molecule has 6 heteroatoms. The minimum absolute atomic E-state index is 0.203. The number of methoxy groups -OCH3 is 1. The molecule has 1 N–H and O–H groups in total. The van der Waals surface area contributed by atoms with E-state index in [2.05, 4.69) is 29.2 Å². The highest BCUT2D eigenvalue weighted by Gasteiger charge is 2.42.